The van der Waals surface area contributed by atoms with E-state index >= 15 is 0 Å². The topological polar surface area (TPSA) is 26.3 Å². The molecule has 0 bridgehead atoms. The highest BCUT2D eigenvalue weighted by Gasteiger charge is 2.26. The molecular formula is C17H13ClO2. The van der Waals surface area contributed by atoms with E-state index in [1.807, 2.05) is 30.3 Å². The molecule has 1 heterocycles. The molecule has 20 heavy (non-hydrogen) atoms. The lowest BCUT2D eigenvalue weighted by Crippen LogP contribution is -2.15. The van der Waals surface area contributed by atoms with Gasteiger partial charge in [-0.05, 0) is 42.2 Å². The fourth-order valence-corrected chi connectivity index (χ4v) is 3.36. The van der Waals surface area contributed by atoms with Gasteiger partial charge in [0.25, 0.3) is 0 Å². The molecule has 3 heteroatoms. The van der Waals surface area contributed by atoms with Gasteiger partial charge in [0.2, 0.25) is 0 Å². The van der Waals surface area contributed by atoms with Crippen LogP contribution in [0, 0.1) is 0 Å². The van der Waals surface area contributed by atoms with E-state index in [4.69, 9.17) is 16.3 Å². The van der Waals surface area contributed by atoms with E-state index in [1.165, 1.54) is 0 Å². The number of Topliss-reactive ketones (excluding diaryl/α,β-unsaturated/α-hetero) is 1. The molecule has 4 rings (SSSR count). The summed E-state index contributed by atoms with van der Waals surface area (Å²) in [5.41, 5.74) is 5.27. The Morgan fingerprint density at radius 1 is 1.00 bits per heavy atom. The lowest BCUT2D eigenvalue weighted by molar-refractivity contribution is 0.0971. The van der Waals surface area contributed by atoms with Crippen LogP contribution >= 0.6 is 11.6 Å². The number of halogens is 1. The zero-order valence-corrected chi connectivity index (χ0v) is 11.7. The van der Waals surface area contributed by atoms with Gasteiger partial charge in [0, 0.05) is 28.1 Å². The molecule has 100 valence electrons. The van der Waals surface area contributed by atoms with Crippen LogP contribution in [0.3, 0.4) is 0 Å². The number of carbonyl (C=O) groups excluding carboxylic acids is 1. The summed E-state index contributed by atoms with van der Waals surface area (Å²) < 4.78 is 5.94. The molecule has 0 atom stereocenters. The summed E-state index contributed by atoms with van der Waals surface area (Å²) in [5, 5.41) is 0.726. The number of benzene rings is 2. The smallest absolute Gasteiger partial charge is 0.163 e. The Morgan fingerprint density at radius 3 is 2.70 bits per heavy atom. The number of hydrogen-bond donors (Lipinski definition) is 0. The molecule has 0 unspecified atom stereocenters. The predicted molar refractivity (Wildman–Crippen MR) is 78.5 cm³/mol. The highest BCUT2D eigenvalue weighted by Crippen LogP contribution is 2.43. The summed E-state index contributed by atoms with van der Waals surface area (Å²) in [6.07, 6.45) is 2.49. The van der Waals surface area contributed by atoms with Crippen LogP contribution in [-0.2, 0) is 13.0 Å². The molecule has 0 saturated carbocycles. The van der Waals surface area contributed by atoms with Crippen molar-refractivity contribution in [3.05, 3.63) is 52.0 Å². The third-order valence-electron chi connectivity index (χ3n) is 4.12. The number of hydrogen-bond acceptors (Lipinski definition) is 2. The number of ether oxygens (including phenoxy) is 1. The number of rotatable bonds is 0. The van der Waals surface area contributed by atoms with Gasteiger partial charge in [0.1, 0.15) is 12.4 Å². The molecule has 2 aliphatic rings. The fraction of sp³-hybridized carbons (Fsp3) is 0.235. The average Bonchev–Trinajstić information content (AvgIpc) is 2.46. The fourth-order valence-electron chi connectivity index (χ4n) is 3.17. The minimum absolute atomic E-state index is 0.236. The minimum atomic E-state index is 0.236. The molecule has 0 fully saturated rings. The van der Waals surface area contributed by atoms with Crippen LogP contribution in [-0.4, -0.2) is 5.78 Å². The molecule has 0 aromatic heterocycles. The zero-order chi connectivity index (χ0) is 13.7. The molecule has 1 aliphatic carbocycles. The van der Waals surface area contributed by atoms with Crippen LogP contribution in [0.25, 0.3) is 11.1 Å². The van der Waals surface area contributed by atoms with E-state index in [2.05, 4.69) is 0 Å². The van der Waals surface area contributed by atoms with Crippen LogP contribution < -0.4 is 4.74 Å². The first kappa shape index (κ1) is 12.0. The lowest BCUT2D eigenvalue weighted by Gasteiger charge is -2.26. The molecule has 1 aliphatic heterocycles. The van der Waals surface area contributed by atoms with E-state index in [1.54, 1.807) is 0 Å². The van der Waals surface area contributed by atoms with Crippen molar-refractivity contribution in [2.45, 2.75) is 25.9 Å². The highest BCUT2D eigenvalue weighted by atomic mass is 35.5. The van der Waals surface area contributed by atoms with Crippen molar-refractivity contribution in [1.82, 2.24) is 0 Å². The van der Waals surface area contributed by atoms with Gasteiger partial charge in [-0.2, -0.15) is 0 Å². The van der Waals surface area contributed by atoms with Crippen LogP contribution in [0.15, 0.2) is 30.3 Å². The average molecular weight is 285 g/mol. The molecule has 2 aromatic carbocycles. The normalized spacial score (nSPS) is 15.9. The quantitative estimate of drug-likeness (QED) is 0.716. The van der Waals surface area contributed by atoms with Crippen molar-refractivity contribution in [3.8, 4) is 16.9 Å². The SMILES string of the molecule is O=C1CCCc2c1ccc1c2OCc2cc(Cl)ccc2-1. The zero-order valence-electron chi connectivity index (χ0n) is 10.9. The first-order valence-corrected chi connectivity index (χ1v) is 7.22. The Hall–Kier alpha value is -1.80. The Labute approximate surface area is 122 Å². The summed E-state index contributed by atoms with van der Waals surface area (Å²) in [5.74, 6) is 1.13. The van der Waals surface area contributed by atoms with Gasteiger partial charge in [-0.25, -0.2) is 0 Å². The predicted octanol–water partition coefficient (Wildman–Crippen LogP) is 4.42. The van der Waals surface area contributed by atoms with Gasteiger partial charge in [-0.3, -0.25) is 4.79 Å². The first-order chi connectivity index (χ1) is 9.74. The maximum atomic E-state index is 12.0. The Bertz CT molecular complexity index is 734. The standard InChI is InChI=1S/C17H13ClO2/c18-11-4-5-12-10(8-11)9-20-17-14-2-1-3-16(19)13(14)6-7-15(12)17/h4-8H,1-3,9H2. The van der Waals surface area contributed by atoms with Gasteiger partial charge in [0.15, 0.2) is 5.78 Å². The lowest BCUT2D eigenvalue weighted by atomic mass is 9.85. The van der Waals surface area contributed by atoms with Crippen molar-refractivity contribution in [1.29, 1.82) is 0 Å². The monoisotopic (exact) mass is 284 g/mol. The molecule has 2 aromatic rings. The molecule has 2 nitrogen and oxygen atoms in total. The van der Waals surface area contributed by atoms with Crippen LogP contribution in [0.5, 0.6) is 5.75 Å². The molecule has 0 spiro atoms. The minimum Gasteiger partial charge on any atom is -0.488 e. The second-order valence-corrected chi connectivity index (χ2v) is 5.77. The molecular weight excluding hydrogens is 272 g/mol. The number of ketones is 1. The van der Waals surface area contributed by atoms with E-state index < -0.39 is 0 Å². The summed E-state index contributed by atoms with van der Waals surface area (Å²) in [7, 11) is 0. The highest BCUT2D eigenvalue weighted by molar-refractivity contribution is 6.30. The summed E-state index contributed by atoms with van der Waals surface area (Å²) in [6, 6.07) is 9.84. The Morgan fingerprint density at radius 2 is 1.80 bits per heavy atom. The third kappa shape index (κ3) is 1.68. The van der Waals surface area contributed by atoms with Gasteiger partial charge in [-0.1, -0.05) is 23.7 Å². The van der Waals surface area contributed by atoms with Gasteiger partial charge < -0.3 is 4.74 Å². The molecule has 0 radical (unpaired) electrons. The summed E-state index contributed by atoms with van der Waals surface area (Å²) in [6.45, 7) is 0.521. The van der Waals surface area contributed by atoms with E-state index in [-0.39, 0.29) is 5.78 Å². The Kier molecular flexibility index (Phi) is 2.61. The molecule has 0 saturated heterocycles. The first-order valence-electron chi connectivity index (χ1n) is 6.85. The van der Waals surface area contributed by atoms with Crippen molar-refractivity contribution < 1.29 is 9.53 Å². The van der Waals surface area contributed by atoms with Gasteiger partial charge in [-0.15, -0.1) is 0 Å². The number of fused-ring (bicyclic) bond motifs is 5. The molecule has 0 N–H and O–H groups in total. The van der Waals surface area contributed by atoms with Crippen molar-refractivity contribution >= 4 is 17.4 Å². The second kappa shape index (κ2) is 4.35. The van der Waals surface area contributed by atoms with E-state index in [0.717, 1.165) is 51.4 Å². The summed E-state index contributed by atoms with van der Waals surface area (Å²) >= 11 is 6.04. The van der Waals surface area contributed by atoms with E-state index in [9.17, 15) is 4.79 Å². The van der Waals surface area contributed by atoms with Crippen molar-refractivity contribution in [2.24, 2.45) is 0 Å². The van der Waals surface area contributed by atoms with E-state index in [0.29, 0.717) is 13.0 Å². The maximum Gasteiger partial charge on any atom is 0.163 e. The van der Waals surface area contributed by atoms with Crippen LogP contribution in [0.4, 0.5) is 0 Å². The summed E-state index contributed by atoms with van der Waals surface area (Å²) in [4.78, 5) is 12.0. The second-order valence-electron chi connectivity index (χ2n) is 5.34. The maximum absolute atomic E-state index is 12.0. The number of carbonyl (C=O) groups is 1. The Balaban J connectivity index is 1.95. The third-order valence-corrected chi connectivity index (χ3v) is 4.36. The molecule has 0 amide bonds. The van der Waals surface area contributed by atoms with Crippen molar-refractivity contribution in [3.63, 3.8) is 0 Å². The van der Waals surface area contributed by atoms with Gasteiger partial charge in [0.05, 0.1) is 0 Å². The van der Waals surface area contributed by atoms with Crippen molar-refractivity contribution in [2.75, 3.05) is 0 Å². The van der Waals surface area contributed by atoms with Gasteiger partial charge >= 0.3 is 0 Å². The largest absolute Gasteiger partial charge is 0.488 e. The van der Waals surface area contributed by atoms with Crippen LogP contribution in [0.1, 0.15) is 34.3 Å². The van der Waals surface area contributed by atoms with Crippen LogP contribution in [0.2, 0.25) is 5.02 Å².